The first-order valence-corrected chi connectivity index (χ1v) is 8.79. The Labute approximate surface area is 152 Å². The van der Waals surface area contributed by atoms with Crippen LogP contribution in [0.3, 0.4) is 0 Å². The van der Waals surface area contributed by atoms with Gasteiger partial charge in [0.25, 0.3) is 0 Å². The zero-order valence-corrected chi connectivity index (χ0v) is 15.1. The predicted octanol–water partition coefficient (Wildman–Crippen LogP) is 3.64. The molecule has 134 valence electrons. The minimum Gasteiger partial charge on any atom is -0.465 e. The summed E-state index contributed by atoms with van der Waals surface area (Å²) in [4.78, 5) is 16.6. The predicted molar refractivity (Wildman–Crippen MR) is 103 cm³/mol. The van der Waals surface area contributed by atoms with Crippen molar-refractivity contribution < 1.29 is 13.9 Å². The quantitative estimate of drug-likeness (QED) is 0.675. The number of carbonyl (C=O) groups excluding carboxylic acids is 1. The molecule has 1 saturated heterocycles. The van der Waals surface area contributed by atoms with Gasteiger partial charge in [-0.3, -0.25) is 0 Å². The van der Waals surface area contributed by atoms with E-state index in [1.807, 2.05) is 12.1 Å². The number of fused-ring (bicyclic) bond motifs is 1. The molecule has 0 aliphatic carbocycles. The van der Waals surface area contributed by atoms with Crippen molar-refractivity contribution in [1.82, 2.24) is 4.90 Å². The molecule has 0 unspecified atom stereocenters. The van der Waals surface area contributed by atoms with Crippen LogP contribution in [0.1, 0.15) is 10.4 Å². The molecule has 2 heterocycles. The number of hydrogen-bond donors (Lipinski definition) is 0. The normalized spacial score (nSPS) is 15.4. The van der Waals surface area contributed by atoms with Gasteiger partial charge in [-0.2, -0.15) is 0 Å². The van der Waals surface area contributed by atoms with Crippen LogP contribution in [0.2, 0.25) is 0 Å². The summed E-state index contributed by atoms with van der Waals surface area (Å²) < 4.78 is 10.5. The molecule has 2 aromatic carbocycles. The molecule has 0 radical (unpaired) electrons. The molecule has 0 N–H and O–H groups in total. The molecule has 1 aliphatic heterocycles. The Morgan fingerprint density at radius 1 is 1.04 bits per heavy atom. The summed E-state index contributed by atoms with van der Waals surface area (Å²) in [5.74, 6) is -0.343. The maximum atomic E-state index is 11.8. The average Bonchev–Trinajstić information content (AvgIpc) is 3.11. The molecule has 0 atom stereocenters. The van der Waals surface area contributed by atoms with Crippen LogP contribution in [0.25, 0.3) is 22.1 Å². The van der Waals surface area contributed by atoms with E-state index in [0.29, 0.717) is 5.56 Å². The Bertz CT molecular complexity index is 922. The van der Waals surface area contributed by atoms with Gasteiger partial charge in [0.2, 0.25) is 0 Å². The van der Waals surface area contributed by atoms with E-state index in [-0.39, 0.29) is 5.97 Å². The fraction of sp³-hybridized carbons (Fsp3) is 0.286. The van der Waals surface area contributed by atoms with Gasteiger partial charge in [0.1, 0.15) is 5.58 Å². The summed E-state index contributed by atoms with van der Waals surface area (Å²) in [6.45, 7) is 4.27. The highest BCUT2D eigenvalue weighted by molar-refractivity contribution is 6.00. The summed E-state index contributed by atoms with van der Waals surface area (Å²) in [5.41, 5.74) is 4.58. The number of ether oxygens (including phenoxy) is 1. The molecule has 5 heteroatoms. The Morgan fingerprint density at radius 2 is 1.77 bits per heavy atom. The largest absolute Gasteiger partial charge is 0.465 e. The lowest BCUT2D eigenvalue weighted by Gasteiger charge is -2.34. The van der Waals surface area contributed by atoms with Crippen LogP contribution in [0.5, 0.6) is 0 Å². The fourth-order valence-corrected chi connectivity index (χ4v) is 3.41. The van der Waals surface area contributed by atoms with Gasteiger partial charge in [-0.15, -0.1) is 0 Å². The maximum Gasteiger partial charge on any atom is 0.337 e. The molecule has 4 rings (SSSR count). The third kappa shape index (κ3) is 3.06. The molecule has 0 spiro atoms. The Morgan fingerprint density at radius 3 is 2.46 bits per heavy atom. The Kier molecular flexibility index (Phi) is 4.39. The highest BCUT2D eigenvalue weighted by Crippen LogP contribution is 2.32. The number of anilines is 1. The number of likely N-dealkylation sites (N-methyl/N-ethyl adjacent to an activating group) is 1. The number of methoxy groups -OCH3 is 1. The molecule has 0 amide bonds. The monoisotopic (exact) mass is 350 g/mol. The van der Waals surface area contributed by atoms with E-state index in [1.54, 1.807) is 12.3 Å². The van der Waals surface area contributed by atoms with Gasteiger partial charge in [-0.05, 0) is 42.9 Å². The van der Waals surface area contributed by atoms with Gasteiger partial charge >= 0.3 is 5.97 Å². The zero-order chi connectivity index (χ0) is 18.1. The van der Waals surface area contributed by atoms with Crippen LogP contribution in [-0.2, 0) is 4.74 Å². The number of benzene rings is 2. The number of nitrogens with zero attached hydrogens (tertiary/aromatic N) is 2. The van der Waals surface area contributed by atoms with Gasteiger partial charge < -0.3 is 19.0 Å². The lowest BCUT2D eigenvalue weighted by Crippen LogP contribution is -2.44. The number of carbonyl (C=O) groups is 1. The van der Waals surface area contributed by atoms with E-state index in [1.165, 1.54) is 12.8 Å². The highest BCUT2D eigenvalue weighted by Gasteiger charge is 2.15. The van der Waals surface area contributed by atoms with Crippen LogP contribution in [0.15, 0.2) is 53.1 Å². The number of hydrogen-bond acceptors (Lipinski definition) is 5. The first-order chi connectivity index (χ1) is 12.7. The number of furan rings is 1. The van der Waals surface area contributed by atoms with E-state index < -0.39 is 0 Å². The first-order valence-electron chi connectivity index (χ1n) is 8.79. The molecule has 26 heavy (non-hydrogen) atoms. The molecule has 3 aromatic rings. The van der Waals surface area contributed by atoms with Crippen molar-refractivity contribution in [3.8, 4) is 11.1 Å². The Hall–Kier alpha value is -2.79. The Balaban J connectivity index is 1.64. The van der Waals surface area contributed by atoms with E-state index >= 15 is 0 Å². The van der Waals surface area contributed by atoms with Crippen LogP contribution in [0.4, 0.5) is 5.69 Å². The molecular weight excluding hydrogens is 328 g/mol. The van der Waals surface area contributed by atoms with Crippen LogP contribution >= 0.6 is 0 Å². The van der Waals surface area contributed by atoms with Crippen LogP contribution in [-0.4, -0.2) is 51.2 Å². The number of piperazine rings is 1. The standard InChI is InChI=1S/C21H22N2O3/c1-22-9-11-23(12-10-22)17-6-3-15(4-7-17)19-14-26-20-8-5-16(13-18(19)20)21(24)25-2/h3-8,13-14H,9-12H2,1-2H3. The van der Waals surface area contributed by atoms with Crippen molar-refractivity contribution in [2.75, 3.05) is 45.2 Å². The highest BCUT2D eigenvalue weighted by atomic mass is 16.5. The lowest BCUT2D eigenvalue weighted by atomic mass is 10.0. The molecule has 0 bridgehead atoms. The zero-order valence-electron chi connectivity index (χ0n) is 15.1. The summed E-state index contributed by atoms with van der Waals surface area (Å²) in [6, 6.07) is 13.9. The van der Waals surface area contributed by atoms with Gasteiger partial charge in [-0.1, -0.05) is 12.1 Å². The summed E-state index contributed by atoms with van der Waals surface area (Å²) in [5, 5.41) is 0.917. The van der Waals surface area contributed by atoms with Gasteiger partial charge in [0.05, 0.1) is 18.9 Å². The van der Waals surface area contributed by atoms with Gasteiger partial charge in [0, 0.05) is 42.8 Å². The minimum absolute atomic E-state index is 0.343. The third-order valence-corrected chi connectivity index (χ3v) is 5.04. The number of rotatable bonds is 3. The van der Waals surface area contributed by atoms with Crippen LogP contribution < -0.4 is 4.90 Å². The van der Waals surface area contributed by atoms with Crippen molar-refractivity contribution in [3.63, 3.8) is 0 Å². The SMILES string of the molecule is COC(=O)c1ccc2occ(-c3ccc(N4CCN(C)CC4)cc3)c2c1. The minimum atomic E-state index is -0.343. The van der Waals surface area contributed by atoms with E-state index in [4.69, 9.17) is 9.15 Å². The molecule has 1 aliphatic rings. The van der Waals surface area contributed by atoms with Crippen molar-refractivity contribution in [2.24, 2.45) is 0 Å². The maximum absolute atomic E-state index is 11.8. The summed E-state index contributed by atoms with van der Waals surface area (Å²) >= 11 is 0. The van der Waals surface area contributed by atoms with Crippen molar-refractivity contribution in [1.29, 1.82) is 0 Å². The molecule has 1 fully saturated rings. The molecule has 5 nitrogen and oxygen atoms in total. The number of esters is 1. The first kappa shape index (κ1) is 16.7. The molecular formula is C21H22N2O3. The van der Waals surface area contributed by atoms with E-state index in [2.05, 4.69) is 41.1 Å². The van der Waals surface area contributed by atoms with E-state index in [9.17, 15) is 4.79 Å². The topological polar surface area (TPSA) is 45.9 Å². The van der Waals surface area contributed by atoms with Crippen molar-refractivity contribution in [2.45, 2.75) is 0 Å². The second kappa shape index (κ2) is 6.84. The summed E-state index contributed by atoms with van der Waals surface area (Å²) in [7, 11) is 3.55. The average molecular weight is 350 g/mol. The second-order valence-corrected chi connectivity index (χ2v) is 6.69. The van der Waals surface area contributed by atoms with E-state index in [0.717, 1.165) is 48.3 Å². The molecule has 0 saturated carbocycles. The smallest absolute Gasteiger partial charge is 0.337 e. The van der Waals surface area contributed by atoms with Crippen molar-refractivity contribution in [3.05, 3.63) is 54.3 Å². The lowest BCUT2D eigenvalue weighted by molar-refractivity contribution is 0.0601. The van der Waals surface area contributed by atoms with Gasteiger partial charge in [0.15, 0.2) is 0 Å². The second-order valence-electron chi connectivity index (χ2n) is 6.69. The fourth-order valence-electron chi connectivity index (χ4n) is 3.41. The van der Waals surface area contributed by atoms with Crippen molar-refractivity contribution >= 4 is 22.6 Å². The molecule has 1 aromatic heterocycles. The third-order valence-electron chi connectivity index (χ3n) is 5.04. The summed E-state index contributed by atoms with van der Waals surface area (Å²) in [6.07, 6.45) is 1.75. The van der Waals surface area contributed by atoms with Crippen LogP contribution in [0, 0.1) is 0 Å². The van der Waals surface area contributed by atoms with Gasteiger partial charge in [-0.25, -0.2) is 4.79 Å².